The van der Waals surface area contributed by atoms with E-state index in [1.54, 1.807) is 56.3 Å². The van der Waals surface area contributed by atoms with E-state index >= 15 is 0 Å². The molecule has 2 heterocycles. The highest BCUT2D eigenvalue weighted by Gasteiger charge is 2.20. The van der Waals surface area contributed by atoms with E-state index in [0.29, 0.717) is 34.3 Å². The van der Waals surface area contributed by atoms with Crippen molar-refractivity contribution in [2.75, 3.05) is 0 Å². The smallest absolute Gasteiger partial charge is 0.290 e. The molecule has 0 unspecified atom stereocenters. The number of aryl methyl sites for hydroxylation is 2. The van der Waals surface area contributed by atoms with Crippen LogP contribution < -0.4 is 16.4 Å². The Hall–Kier alpha value is -4.27. The number of benzene rings is 2. The van der Waals surface area contributed by atoms with Gasteiger partial charge in [-0.3, -0.25) is 25.2 Å². The Morgan fingerprint density at radius 1 is 0.970 bits per heavy atom. The van der Waals surface area contributed by atoms with E-state index in [4.69, 9.17) is 0 Å². The zero-order valence-electron chi connectivity index (χ0n) is 18.3. The van der Waals surface area contributed by atoms with Gasteiger partial charge in [-0.1, -0.05) is 18.2 Å². The van der Waals surface area contributed by atoms with Gasteiger partial charge in [0.05, 0.1) is 10.9 Å². The Labute approximate surface area is 188 Å². The van der Waals surface area contributed by atoms with Gasteiger partial charge in [0, 0.05) is 29.0 Å². The second-order valence-corrected chi connectivity index (χ2v) is 7.52. The molecule has 0 aliphatic carbocycles. The van der Waals surface area contributed by atoms with Crippen LogP contribution in [0.1, 0.15) is 39.2 Å². The lowest BCUT2D eigenvalue weighted by atomic mass is 10.1. The summed E-state index contributed by atoms with van der Waals surface area (Å²) in [7, 11) is 0. The Kier molecular flexibility index (Phi) is 5.78. The number of nitrogens with zero attached hydrogens (tertiary/aromatic N) is 3. The number of hydrogen-bond acceptors (Lipinski definition) is 4. The molecule has 2 amide bonds. The quantitative estimate of drug-likeness (QED) is 0.470. The lowest BCUT2D eigenvalue weighted by Crippen LogP contribution is -2.43. The third-order valence-electron chi connectivity index (χ3n) is 5.43. The minimum Gasteiger partial charge on any atom is -0.318 e. The normalized spacial score (nSPS) is 10.9. The number of aromatic nitrogens is 3. The zero-order chi connectivity index (χ0) is 23.7. The molecule has 4 aromatic rings. The van der Waals surface area contributed by atoms with Crippen molar-refractivity contribution in [1.29, 1.82) is 0 Å². The van der Waals surface area contributed by atoms with Gasteiger partial charge in [0.2, 0.25) is 0 Å². The average molecular weight is 447 g/mol. The second-order valence-electron chi connectivity index (χ2n) is 7.52. The van der Waals surface area contributed by atoms with Gasteiger partial charge in [0.15, 0.2) is 5.69 Å². The van der Waals surface area contributed by atoms with Gasteiger partial charge in [-0.15, -0.1) is 0 Å². The van der Waals surface area contributed by atoms with Crippen LogP contribution in [-0.2, 0) is 6.54 Å². The van der Waals surface area contributed by atoms with Crippen LogP contribution in [0, 0.1) is 19.7 Å². The summed E-state index contributed by atoms with van der Waals surface area (Å²) in [5, 5.41) is 4.92. The predicted octanol–water partition coefficient (Wildman–Crippen LogP) is 3.04. The van der Waals surface area contributed by atoms with Crippen molar-refractivity contribution in [3.63, 3.8) is 0 Å². The van der Waals surface area contributed by atoms with Crippen LogP contribution in [-0.4, -0.2) is 26.2 Å². The molecule has 0 atom stereocenters. The largest absolute Gasteiger partial charge is 0.318 e. The van der Waals surface area contributed by atoms with Gasteiger partial charge in [-0.2, -0.15) is 5.10 Å². The van der Waals surface area contributed by atoms with Gasteiger partial charge in [0.1, 0.15) is 5.82 Å². The molecule has 2 N–H and O–H groups in total. The van der Waals surface area contributed by atoms with Crippen molar-refractivity contribution in [3.8, 4) is 5.69 Å². The summed E-state index contributed by atoms with van der Waals surface area (Å²) in [5.41, 5.74) is 7.03. The molecule has 4 rings (SSSR count). The van der Waals surface area contributed by atoms with Crippen molar-refractivity contribution < 1.29 is 14.0 Å². The molecule has 0 aliphatic heterocycles. The van der Waals surface area contributed by atoms with Crippen LogP contribution >= 0.6 is 0 Å². The Bertz CT molecular complexity index is 1440. The molecule has 8 nitrogen and oxygen atoms in total. The minimum atomic E-state index is -0.644. The van der Waals surface area contributed by atoms with Gasteiger partial charge in [-0.05, 0) is 57.2 Å². The average Bonchev–Trinajstić information content (AvgIpc) is 3.12. The standard InChI is InChI=1S/C24H22FN5O3/c1-4-29-24(33)19-8-6-5-7-18(19)21(28-29)23(32)27-26-22(31)20-13-14(2)30(15(20)3)17-11-9-16(25)10-12-17/h5-13H,4H2,1-3H3,(H,26,31)(H,27,32). The summed E-state index contributed by atoms with van der Waals surface area (Å²) < 4.78 is 16.3. The monoisotopic (exact) mass is 447 g/mol. The number of hydrazine groups is 1. The maximum Gasteiger partial charge on any atom is 0.290 e. The van der Waals surface area contributed by atoms with E-state index in [9.17, 15) is 18.8 Å². The molecule has 0 aliphatic rings. The zero-order valence-corrected chi connectivity index (χ0v) is 18.3. The maximum absolute atomic E-state index is 13.3. The molecule has 33 heavy (non-hydrogen) atoms. The van der Waals surface area contributed by atoms with Crippen LogP contribution in [0.3, 0.4) is 0 Å². The summed E-state index contributed by atoms with van der Waals surface area (Å²) in [6, 6.07) is 14.3. The summed E-state index contributed by atoms with van der Waals surface area (Å²) in [6.07, 6.45) is 0. The predicted molar refractivity (Wildman–Crippen MR) is 122 cm³/mol. The lowest BCUT2D eigenvalue weighted by Gasteiger charge is -2.12. The fourth-order valence-corrected chi connectivity index (χ4v) is 3.84. The molecule has 2 aromatic heterocycles. The summed E-state index contributed by atoms with van der Waals surface area (Å²) in [4.78, 5) is 38.1. The number of carbonyl (C=O) groups excluding carboxylic acids is 2. The molecule has 0 saturated heterocycles. The molecule has 2 aromatic carbocycles. The summed E-state index contributed by atoms with van der Waals surface area (Å²) in [5.74, 6) is -1.51. The van der Waals surface area contributed by atoms with E-state index in [2.05, 4.69) is 16.0 Å². The molecular weight excluding hydrogens is 425 g/mol. The fraction of sp³-hybridized carbons (Fsp3) is 0.167. The van der Waals surface area contributed by atoms with Crippen molar-refractivity contribution in [2.45, 2.75) is 27.3 Å². The highest BCUT2D eigenvalue weighted by Crippen LogP contribution is 2.21. The van der Waals surface area contributed by atoms with Crippen molar-refractivity contribution >= 4 is 22.6 Å². The highest BCUT2D eigenvalue weighted by molar-refractivity contribution is 6.06. The van der Waals surface area contributed by atoms with Gasteiger partial charge in [-0.25, -0.2) is 9.07 Å². The van der Waals surface area contributed by atoms with Gasteiger partial charge >= 0.3 is 0 Å². The first kappa shape index (κ1) is 21.9. The van der Waals surface area contributed by atoms with Crippen molar-refractivity contribution in [1.82, 2.24) is 25.2 Å². The number of hydrogen-bond donors (Lipinski definition) is 2. The Balaban J connectivity index is 1.59. The number of carbonyl (C=O) groups is 2. The highest BCUT2D eigenvalue weighted by atomic mass is 19.1. The van der Waals surface area contributed by atoms with Crippen LogP contribution in [0.25, 0.3) is 16.5 Å². The van der Waals surface area contributed by atoms with Crippen molar-refractivity contribution in [2.24, 2.45) is 0 Å². The maximum atomic E-state index is 13.3. The minimum absolute atomic E-state index is 0.0316. The molecule has 0 bridgehead atoms. The van der Waals surface area contributed by atoms with Crippen molar-refractivity contribution in [3.05, 3.63) is 93.4 Å². The first-order valence-electron chi connectivity index (χ1n) is 10.4. The molecule has 0 fully saturated rings. The van der Waals surface area contributed by atoms with Gasteiger partial charge in [0.25, 0.3) is 17.4 Å². The summed E-state index contributed by atoms with van der Waals surface area (Å²) in [6.45, 7) is 5.64. The summed E-state index contributed by atoms with van der Waals surface area (Å²) >= 11 is 0. The van der Waals surface area contributed by atoms with Crippen LogP contribution in [0.5, 0.6) is 0 Å². The Morgan fingerprint density at radius 3 is 2.27 bits per heavy atom. The van der Waals surface area contributed by atoms with Crippen LogP contribution in [0.4, 0.5) is 4.39 Å². The second kappa shape index (κ2) is 8.70. The third kappa shape index (κ3) is 4.00. The number of fused-ring (bicyclic) bond motifs is 1. The van der Waals surface area contributed by atoms with E-state index in [1.807, 2.05) is 11.5 Å². The molecule has 0 radical (unpaired) electrons. The first-order valence-corrected chi connectivity index (χ1v) is 10.4. The van der Waals surface area contributed by atoms with E-state index in [1.165, 1.54) is 16.8 Å². The molecule has 168 valence electrons. The van der Waals surface area contributed by atoms with Crippen LogP contribution in [0.15, 0.2) is 59.4 Å². The molecule has 9 heteroatoms. The van der Waals surface area contributed by atoms with Gasteiger partial charge < -0.3 is 4.57 Å². The first-order chi connectivity index (χ1) is 15.8. The number of nitrogens with one attached hydrogen (secondary N) is 2. The molecular formula is C24H22FN5O3. The molecule has 0 saturated carbocycles. The van der Waals surface area contributed by atoms with E-state index < -0.39 is 11.8 Å². The number of amides is 2. The molecule has 0 spiro atoms. The third-order valence-corrected chi connectivity index (χ3v) is 5.43. The number of halogens is 1. The van der Waals surface area contributed by atoms with Crippen LogP contribution in [0.2, 0.25) is 0 Å². The lowest BCUT2D eigenvalue weighted by molar-refractivity contribution is 0.0843. The SMILES string of the molecule is CCn1nc(C(=O)NNC(=O)c2cc(C)n(-c3ccc(F)cc3)c2C)c2ccccc2c1=O. The van der Waals surface area contributed by atoms with E-state index in [-0.39, 0.29) is 17.1 Å². The fourth-order valence-electron chi connectivity index (χ4n) is 3.84. The Morgan fingerprint density at radius 2 is 1.61 bits per heavy atom. The van der Waals surface area contributed by atoms with E-state index in [0.717, 1.165) is 5.69 Å². The number of rotatable bonds is 4. The topological polar surface area (TPSA) is 98.0 Å².